The summed E-state index contributed by atoms with van der Waals surface area (Å²) in [5.74, 6) is 0.0665. The van der Waals surface area contributed by atoms with Gasteiger partial charge in [0, 0.05) is 19.4 Å². The van der Waals surface area contributed by atoms with Crippen molar-refractivity contribution in [2.24, 2.45) is 0 Å². The van der Waals surface area contributed by atoms with Crippen molar-refractivity contribution in [3.05, 3.63) is 30.1 Å². The second-order valence-electron chi connectivity index (χ2n) is 4.35. The number of hydrogen-bond acceptors (Lipinski definition) is 2. The zero-order valence-electron chi connectivity index (χ0n) is 10.1. The smallest absolute Gasteiger partial charge is 0.239 e. The zero-order valence-corrected chi connectivity index (χ0v) is 11.7. The summed E-state index contributed by atoms with van der Waals surface area (Å²) in [6.07, 6.45) is 3.48. The fourth-order valence-corrected chi connectivity index (χ4v) is 1.74. The molecule has 16 heavy (non-hydrogen) atoms. The van der Waals surface area contributed by atoms with Crippen LogP contribution in [0.3, 0.4) is 0 Å². The number of nitrogens with zero attached hydrogens (tertiary/aromatic N) is 2. The molecule has 1 atom stereocenters. The van der Waals surface area contributed by atoms with Gasteiger partial charge in [-0.25, -0.2) is 0 Å². The van der Waals surface area contributed by atoms with E-state index in [2.05, 4.69) is 20.9 Å². The molecule has 88 valence electrons. The molecular weight excluding hydrogens is 268 g/mol. The second-order valence-corrected chi connectivity index (χ2v) is 6.33. The van der Waals surface area contributed by atoms with Crippen LogP contribution < -0.4 is 0 Å². The Labute approximate surface area is 105 Å². The Bertz CT molecular complexity index is 359. The number of pyridine rings is 1. The van der Waals surface area contributed by atoms with Gasteiger partial charge in [-0.05, 0) is 38.5 Å². The molecule has 1 aromatic heterocycles. The van der Waals surface area contributed by atoms with Gasteiger partial charge in [0.15, 0.2) is 0 Å². The van der Waals surface area contributed by atoms with E-state index in [4.69, 9.17) is 0 Å². The van der Waals surface area contributed by atoms with Crippen molar-refractivity contribution in [2.45, 2.75) is 31.1 Å². The topological polar surface area (TPSA) is 33.2 Å². The molecule has 0 fully saturated rings. The van der Waals surface area contributed by atoms with Crippen LogP contribution in [0.5, 0.6) is 0 Å². The standard InChI is InChI=1S/C12H17BrN2O/c1-9(10-5-7-14-8-6-10)15(4)11(16)12(2,3)13/h5-9H,1-4H3. The molecule has 0 aromatic carbocycles. The molecule has 0 aliphatic carbocycles. The van der Waals surface area contributed by atoms with E-state index in [1.807, 2.05) is 40.0 Å². The van der Waals surface area contributed by atoms with Gasteiger partial charge in [0.05, 0.1) is 10.4 Å². The minimum Gasteiger partial charge on any atom is -0.338 e. The summed E-state index contributed by atoms with van der Waals surface area (Å²) >= 11 is 3.38. The Balaban J connectivity index is 2.83. The van der Waals surface area contributed by atoms with Crippen molar-refractivity contribution in [1.82, 2.24) is 9.88 Å². The minimum atomic E-state index is -0.525. The highest BCUT2D eigenvalue weighted by Crippen LogP contribution is 2.25. The molecule has 1 aromatic rings. The van der Waals surface area contributed by atoms with Gasteiger partial charge in [-0.15, -0.1) is 0 Å². The van der Waals surface area contributed by atoms with Crippen LogP contribution in [0.4, 0.5) is 0 Å². The van der Waals surface area contributed by atoms with Crippen molar-refractivity contribution in [2.75, 3.05) is 7.05 Å². The first kappa shape index (κ1) is 13.2. The molecule has 0 saturated carbocycles. The van der Waals surface area contributed by atoms with Gasteiger partial charge in [0.2, 0.25) is 5.91 Å². The van der Waals surface area contributed by atoms with Crippen molar-refractivity contribution in [1.29, 1.82) is 0 Å². The molecule has 1 unspecified atom stereocenters. The monoisotopic (exact) mass is 284 g/mol. The van der Waals surface area contributed by atoms with Crippen LogP contribution in [0.25, 0.3) is 0 Å². The van der Waals surface area contributed by atoms with Crippen LogP contribution in [0, 0.1) is 0 Å². The van der Waals surface area contributed by atoms with Crippen molar-refractivity contribution >= 4 is 21.8 Å². The van der Waals surface area contributed by atoms with Gasteiger partial charge in [-0.1, -0.05) is 15.9 Å². The van der Waals surface area contributed by atoms with Crippen molar-refractivity contribution < 1.29 is 4.79 Å². The van der Waals surface area contributed by atoms with E-state index in [0.29, 0.717) is 0 Å². The van der Waals surface area contributed by atoms with Crippen LogP contribution in [-0.2, 0) is 4.79 Å². The molecule has 0 radical (unpaired) electrons. The van der Waals surface area contributed by atoms with E-state index < -0.39 is 4.32 Å². The molecule has 1 heterocycles. The van der Waals surface area contributed by atoms with Crippen LogP contribution in [0.1, 0.15) is 32.4 Å². The fourth-order valence-electron chi connectivity index (χ4n) is 1.46. The van der Waals surface area contributed by atoms with Crippen LogP contribution >= 0.6 is 15.9 Å². The van der Waals surface area contributed by atoms with E-state index in [0.717, 1.165) is 5.56 Å². The summed E-state index contributed by atoms with van der Waals surface area (Å²) in [4.78, 5) is 17.8. The highest BCUT2D eigenvalue weighted by atomic mass is 79.9. The van der Waals surface area contributed by atoms with Gasteiger partial charge < -0.3 is 4.90 Å². The molecule has 0 saturated heterocycles. The molecule has 1 amide bonds. The average Bonchev–Trinajstić information content (AvgIpc) is 2.26. The number of carbonyl (C=O) groups is 1. The van der Waals surface area contributed by atoms with Gasteiger partial charge in [0.25, 0.3) is 0 Å². The fraction of sp³-hybridized carbons (Fsp3) is 0.500. The maximum atomic E-state index is 12.0. The summed E-state index contributed by atoms with van der Waals surface area (Å²) in [5, 5.41) is 0. The molecule has 0 aliphatic rings. The van der Waals surface area contributed by atoms with Crippen LogP contribution in [0.15, 0.2) is 24.5 Å². The number of aromatic nitrogens is 1. The number of carbonyl (C=O) groups excluding carboxylic acids is 1. The summed E-state index contributed by atoms with van der Waals surface area (Å²) < 4.78 is -0.525. The third kappa shape index (κ3) is 3.04. The average molecular weight is 285 g/mol. The number of rotatable bonds is 3. The van der Waals surface area contributed by atoms with Crippen LogP contribution in [0.2, 0.25) is 0 Å². The minimum absolute atomic E-state index is 0.0484. The normalized spacial score (nSPS) is 13.3. The maximum absolute atomic E-state index is 12.0. The Hall–Kier alpha value is -0.900. The van der Waals surface area contributed by atoms with Gasteiger partial charge in [0.1, 0.15) is 0 Å². The molecular formula is C12H17BrN2O. The van der Waals surface area contributed by atoms with E-state index in [9.17, 15) is 4.79 Å². The van der Waals surface area contributed by atoms with Crippen molar-refractivity contribution in [3.63, 3.8) is 0 Å². The highest BCUT2D eigenvalue weighted by molar-refractivity contribution is 9.10. The molecule has 0 N–H and O–H groups in total. The Morgan fingerprint density at radius 3 is 2.38 bits per heavy atom. The highest BCUT2D eigenvalue weighted by Gasteiger charge is 2.29. The zero-order chi connectivity index (χ0) is 12.3. The largest absolute Gasteiger partial charge is 0.338 e. The lowest BCUT2D eigenvalue weighted by atomic mass is 10.1. The molecule has 1 rings (SSSR count). The first-order valence-electron chi connectivity index (χ1n) is 5.20. The lowest BCUT2D eigenvalue weighted by Gasteiger charge is -2.30. The van der Waals surface area contributed by atoms with E-state index >= 15 is 0 Å². The lowest BCUT2D eigenvalue weighted by Crippen LogP contribution is -2.40. The quantitative estimate of drug-likeness (QED) is 0.800. The molecule has 3 nitrogen and oxygen atoms in total. The van der Waals surface area contributed by atoms with Gasteiger partial charge in [-0.2, -0.15) is 0 Å². The molecule has 0 bridgehead atoms. The lowest BCUT2D eigenvalue weighted by molar-refractivity contribution is -0.133. The first-order valence-corrected chi connectivity index (χ1v) is 5.99. The van der Waals surface area contributed by atoms with Crippen LogP contribution in [-0.4, -0.2) is 27.2 Å². The van der Waals surface area contributed by atoms with E-state index in [1.165, 1.54) is 0 Å². The van der Waals surface area contributed by atoms with Gasteiger partial charge >= 0.3 is 0 Å². The summed E-state index contributed by atoms with van der Waals surface area (Å²) in [5.41, 5.74) is 1.09. The summed E-state index contributed by atoms with van der Waals surface area (Å²) in [6.45, 7) is 5.71. The Kier molecular flexibility index (Phi) is 4.08. The van der Waals surface area contributed by atoms with Gasteiger partial charge in [-0.3, -0.25) is 9.78 Å². The van der Waals surface area contributed by atoms with E-state index in [1.54, 1.807) is 17.3 Å². The second kappa shape index (κ2) is 4.95. The summed E-state index contributed by atoms with van der Waals surface area (Å²) in [6, 6.07) is 3.90. The number of halogens is 1. The third-order valence-corrected chi connectivity index (χ3v) is 2.94. The van der Waals surface area contributed by atoms with E-state index in [-0.39, 0.29) is 11.9 Å². The third-order valence-electron chi connectivity index (χ3n) is 2.60. The summed E-state index contributed by atoms with van der Waals surface area (Å²) in [7, 11) is 1.82. The van der Waals surface area contributed by atoms with Crippen molar-refractivity contribution in [3.8, 4) is 0 Å². The maximum Gasteiger partial charge on any atom is 0.239 e. The Morgan fingerprint density at radius 2 is 1.94 bits per heavy atom. The predicted octanol–water partition coefficient (Wildman–Crippen LogP) is 2.77. The first-order chi connectivity index (χ1) is 7.34. The molecule has 4 heteroatoms. The Morgan fingerprint density at radius 1 is 1.44 bits per heavy atom. The molecule has 0 spiro atoms. The SMILES string of the molecule is CC(c1ccncc1)N(C)C(=O)C(C)(C)Br. The molecule has 0 aliphatic heterocycles. The predicted molar refractivity (Wildman–Crippen MR) is 68.4 cm³/mol. The number of hydrogen-bond donors (Lipinski definition) is 0. The number of amides is 1. The number of alkyl halides is 1.